The van der Waals surface area contributed by atoms with Gasteiger partial charge >= 0.3 is 5.97 Å². The highest BCUT2D eigenvalue weighted by molar-refractivity contribution is 7.89. The number of rotatable bonds is 5. The number of hydrogen-bond acceptors (Lipinski definition) is 4. The molecule has 7 nitrogen and oxygen atoms in total. The summed E-state index contributed by atoms with van der Waals surface area (Å²) in [5.74, 6) is -1.16. The van der Waals surface area contributed by atoms with Gasteiger partial charge in [0, 0.05) is 25.3 Å². The highest BCUT2D eigenvalue weighted by Gasteiger charge is 2.36. The topological polar surface area (TPSA) is 99.8 Å². The van der Waals surface area contributed by atoms with Crippen LogP contribution in [0.3, 0.4) is 0 Å². The Balaban J connectivity index is 2.42. The maximum Gasteiger partial charge on any atom is 0.352 e. The number of aliphatic hydroxyl groups is 1. The van der Waals surface area contributed by atoms with Crippen LogP contribution in [0.4, 0.5) is 0 Å². The average molecular weight is 302 g/mol. The van der Waals surface area contributed by atoms with E-state index in [0.29, 0.717) is 25.9 Å². The van der Waals surface area contributed by atoms with Gasteiger partial charge in [-0.1, -0.05) is 0 Å². The molecule has 8 heteroatoms. The van der Waals surface area contributed by atoms with Crippen molar-refractivity contribution in [1.29, 1.82) is 0 Å². The van der Waals surface area contributed by atoms with Crippen LogP contribution in [0.25, 0.3) is 0 Å². The van der Waals surface area contributed by atoms with E-state index >= 15 is 0 Å². The predicted molar refractivity (Wildman–Crippen MR) is 71.1 cm³/mol. The van der Waals surface area contributed by atoms with E-state index in [1.807, 2.05) is 0 Å². The van der Waals surface area contributed by atoms with Gasteiger partial charge in [0.2, 0.25) is 10.0 Å². The number of aliphatic hydroxyl groups excluding tert-OH is 1. The molecule has 1 aliphatic rings. The van der Waals surface area contributed by atoms with Crippen LogP contribution in [0, 0.1) is 0 Å². The van der Waals surface area contributed by atoms with E-state index in [0.717, 1.165) is 0 Å². The second kappa shape index (κ2) is 5.55. The summed E-state index contributed by atoms with van der Waals surface area (Å²) in [4.78, 5) is 11.1. The maximum absolute atomic E-state index is 12.5. The number of nitrogens with zero attached hydrogens (tertiary/aromatic N) is 2. The van der Waals surface area contributed by atoms with E-state index < -0.39 is 22.0 Å². The minimum atomic E-state index is -3.76. The van der Waals surface area contributed by atoms with Crippen LogP contribution in [0.15, 0.2) is 17.2 Å². The molecule has 0 aromatic carbocycles. The van der Waals surface area contributed by atoms with Gasteiger partial charge < -0.3 is 14.8 Å². The largest absolute Gasteiger partial charge is 0.477 e. The van der Waals surface area contributed by atoms with Crippen molar-refractivity contribution in [3.8, 4) is 0 Å². The SMILES string of the molecule is CCn1cc(S(=O)(=O)N2CCC[C@H]2CO)cc1C(=O)O. The third-order valence-electron chi connectivity index (χ3n) is 3.57. The third kappa shape index (κ3) is 2.46. The molecule has 0 radical (unpaired) electrons. The van der Waals surface area contributed by atoms with Crippen molar-refractivity contribution in [3.05, 3.63) is 18.0 Å². The molecule has 0 unspecified atom stereocenters. The lowest BCUT2D eigenvalue weighted by molar-refractivity contribution is 0.0685. The van der Waals surface area contributed by atoms with Crippen molar-refractivity contribution >= 4 is 16.0 Å². The van der Waals surface area contributed by atoms with Gasteiger partial charge in [-0.3, -0.25) is 0 Å². The molecule has 2 rings (SSSR count). The van der Waals surface area contributed by atoms with Crippen LogP contribution in [-0.2, 0) is 16.6 Å². The summed E-state index contributed by atoms with van der Waals surface area (Å²) in [6.07, 6.45) is 2.66. The molecule has 0 aliphatic carbocycles. The molecule has 1 atom stereocenters. The smallest absolute Gasteiger partial charge is 0.352 e. The first-order valence-electron chi connectivity index (χ1n) is 6.48. The molecule has 0 spiro atoms. The average Bonchev–Trinajstić information content (AvgIpc) is 3.05. The second-order valence-corrected chi connectivity index (χ2v) is 6.64. The van der Waals surface area contributed by atoms with E-state index in [-0.39, 0.29) is 17.2 Å². The zero-order valence-corrected chi connectivity index (χ0v) is 12.0. The number of hydrogen-bond donors (Lipinski definition) is 2. The van der Waals surface area contributed by atoms with E-state index in [2.05, 4.69) is 0 Å². The lowest BCUT2D eigenvalue weighted by Crippen LogP contribution is -2.37. The number of carbonyl (C=O) groups is 1. The fraction of sp³-hybridized carbons (Fsp3) is 0.583. The Hall–Kier alpha value is -1.38. The number of carboxylic acid groups (broad SMARTS) is 1. The van der Waals surface area contributed by atoms with Crippen LogP contribution in [0.1, 0.15) is 30.3 Å². The third-order valence-corrected chi connectivity index (χ3v) is 5.49. The lowest BCUT2D eigenvalue weighted by atomic mass is 10.2. The molecule has 2 heterocycles. The molecular weight excluding hydrogens is 284 g/mol. The van der Waals surface area contributed by atoms with Crippen molar-refractivity contribution in [2.75, 3.05) is 13.2 Å². The summed E-state index contributed by atoms with van der Waals surface area (Å²) < 4.78 is 27.7. The number of carboxylic acids is 1. The maximum atomic E-state index is 12.5. The van der Waals surface area contributed by atoms with E-state index in [9.17, 15) is 18.3 Å². The summed E-state index contributed by atoms with van der Waals surface area (Å²) in [6.45, 7) is 2.25. The predicted octanol–water partition coefficient (Wildman–Crippen LogP) is 0.352. The summed E-state index contributed by atoms with van der Waals surface area (Å²) in [7, 11) is -3.76. The van der Waals surface area contributed by atoms with Gasteiger partial charge in [0.05, 0.1) is 6.61 Å². The van der Waals surface area contributed by atoms with Gasteiger partial charge in [0.25, 0.3) is 0 Å². The zero-order chi connectivity index (χ0) is 14.9. The standard InChI is InChI=1S/C12H18N2O5S/c1-2-13-7-10(6-11(13)12(16)17)20(18,19)14-5-3-4-9(14)8-15/h6-7,9,15H,2-5,8H2,1H3,(H,16,17)/t9-/m0/s1. The van der Waals surface area contributed by atoms with Gasteiger partial charge in [-0.2, -0.15) is 4.31 Å². The Bertz CT molecular complexity index is 607. The highest BCUT2D eigenvalue weighted by Crippen LogP contribution is 2.27. The molecule has 112 valence electrons. The van der Waals surface area contributed by atoms with Crippen molar-refractivity contribution in [1.82, 2.24) is 8.87 Å². The van der Waals surface area contributed by atoms with Crippen LogP contribution < -0.4 is 0 Å². The molecule has 1 aliphatic heterocycles. The molecule has 0 saturated carbocycles. The molecule has 0 bridgehead atoms. The molecule has 0 amide bonds. The van der Waals surface area contributed by atoms with E-state index in [1.165, 1.54) is 21.1 Å². The number of aromatic nitrogens is 1. The van der Waals surface area contributed by atoms with Gasteiger partial charge in [0.1, 0.15) is 10.6 Å². The molecular formula is C12H18N2O5S. The monoisotopic (exact) mass is 302 g/mol. The normalized spacial score (nSPS) is 20.4. The molecule has 1 fully saturated rings. The Morgan fingerprint density at radius 1 is 1.50 bits per heavy atom. The number of aromatic carboxylic acids is 1. The molecule has 1 saturated heterocycles. The van der Waals surface area contributed by atoms with Gasteiger partial charge in [0.15, 0.2) is 0 Å². The minimum absolute atomic E-state index is 0.0305. The molecule has 1 aromatic heterocycles. The molecule has 1 aromatic rings. The Morgan fingerprint density at radius 2 is 2.20 bits per heavy atom. The quantitative estimate of drug-likeness (QED) is 0.817. The van der Waals surface area contributed by atoms with E-state index in [4.69, 9.17) is 5.11 Å². The van der Waals surface area contributed by atoms with Crippen molar-refractivity contribution in [3.63, 3.8) is 0 Å². The summed E-state index contributed by atoms with van der Waals surface area (Å²) >= 11 is 0. The fourth-order valence-electron chi connectivity index (χ4n) is 2.51. The van der Waals surface area contributed by atoms with Crippen LogP contribution in [0.5, 0.6) is 0 Å². The molecule has 2 N–H and O–H groups in total. The van der Waals surface area contributed by atoms with Crippen LogP contribution >= 0.6 is 0 Å². The fourth-order valence-corrected chi connectivity index (χ4v) is 4.23. The number of aryl methyl sites for hydroxylation is 1. The Kier molecular flexibility index (Phi) is 4.17. The van der Waals surface area contributed by atoms with Gasteiger partial charge in [-0.15, -0.1) is 0 Å². The first kappa shape index (κ1) is 15.0. The minimum Gasteiger partial charge on any atom is -0.477 e. The van der Waals surface area contributed by atoms with Crippen LogP contribution in [-0.4, -0.2) is 52.7 Å². The van der Waals surface area contributed by atoms with Crippen molar-refractivity contribution < 1.29 is 23.4 Å². The molecule has 20 heavy (non-hydrogen) atoms. The Labute approximate surface area is 117 Å². The summed E-state index contributed by atoms with van der Waals surface area (Å²) in [6, 6.07) is 0.756. The van der Waals surface area contributed by atoms with Gasteiger partial charge in [-0.05, 0) is 25.8 Å². The van der Waals surface area contributed by atoms with E-state index in [1.54, 1.807) is 6.92 Å². The number of sulfonamides is 1. The first-order valence-corrected chi connectivity index (χ1v) is 7.92. The highest BCUT2D eigenvalue weighted by atomic mass is 32.2. The van der Waals surface area contributed by atoms with Crippen molar-refractivity contribution in [2.45, 2.75) is 37.2 Å². The summed E-state index contributed by atoms with van der Waals surface area (Å²) in [5, 5.41) is 18.3. The zero-order valence-electron chi connectivity index (χ0n) is 11.2. The summed E-state index contributed by atoms with van der Waals surface area (Å²) in [5.41, 5.74) is -0.0502. The Morgan fingerprint density at radius 3 is 2.70 bits per heavy atom. The van der Waals surface area contributed by atoms with Gasteiger partial charge in [-0.25, -0.2) is 13.2 Å². The second-order valence-electron chi connectivity index (χ2n) is 4.75. The van der Waals surface area contributed by atoms with Crippen molar-refractivity contribution in [2.24, 2.45) is 0 Å². The van der Waals surface area contributed by atoms with Crippen LogP contribution in [0.2, 0.25) is 0 Å². The first-order chi connectivity index (χ1) is 9.41. The lowest BCUT2D eigenvalue weighted by Gasteiger charge is -2.21.